The normalized spacial score (nSPS) is 9.80. The second-order valence-electron chi connectivity index (χ2n) is 1.87. The first-order valence-electron chi connectivity index (χ1n) is 3.00. The molecule has 4 heteroatoms. The molecule has 0 fully saturated rings. The van der Waals surface area contributed by atoms with Crippen molar-refractivity contribution in [2.24, 2.45) is 0 Å². The molecule has 0 bridgehead atoms. The Morgan fingerprint density at radius 1 is 1.60 bits per heavy atom. The lowest BCUT2D eigenvalue weighted by Gasteiger charge is -1.99. The van der Waals surface area contributed by atoms with Gasteiger partial charge in [-0.25, -0.2) is 9.97 Å². The number of rotatable bonds is 1. The number of nitrogen functional groups attached to an aromatic ring is 1. The van der Waals surface area contributed by atoms with E-state index < -0.39 is 0 Å². The highest BCUT2D eigenvalue weighted by Crippen LogP contribution is 2.18. The topological polar surface area (TPSA) is 51.8 Å². The second kappa shape index (κ2) is 2.84. The number of nitrogens with two attached hydrogens (primary N) is 1. The van der Waals surface area contributed by atoms with Crippen LogP contribution in [0.25, 0.3) is 0 Å². The van der Waals surface area contributed by atoms with E-state index in [1.807, 2.05) is 6.92 Å². The lowest BCUT2D eigenvalue weighted by atomic mass is 10.3. The fourth-order valence-corrected chi connectivity index (χ4v) is 0.900. The molecule has 0 aromatic carbocycles. The molecule has 10 heavy (non-hydrogen) atoms. The van der Waals surface area contributed by atoms with E-state index in [0.717, 1.165) is 12.1 Å². The van der Waals surface area contributed by atoms with Gasteiger partial charge in [-0.3, -0.25) is 0 Å². The van der Waals surface area contributed by atoms with E-state index in [0.29, 0.717) is 10.8 Å². The van der Waals surface area contributed by atoms with E-state index in [-0.39, 0.29) is 0 Å². The molecular formula is C6H8ClN3. The van der Waals surface area contributed by atoms with Gasteiger partial charge in [0.2, 0.25) is 0 Å². The van der Waals surface area contributed by atoms with Crippen molar-refractivity contribution in [3.8, 4) is 0 Å². The molecule has 0 saturated carbocycles. The fraction of sp³-hybridized carbons (Fsp3) is 0.333. The van der Waals surface area contributed by atoms with Gasteiger partial charge in [-0.05, 0) is 6.42 Å². The Labute approximate surface area is 64.2 Å². The summed E-state index contributed by atoms with van der Waals surface area (Å²) >= 11 is 5.74. The molecule has 0 aliphatic carbocycles. The van der Waals surface area contributed by atoms with Crippen molar-refractivity contribution in [3.05, 3.63) is 17.0 Å². The van der Waals surface area contributed by atoms with Gasteiger partial charge in [0.15, 0.2) is 0 Å². The minimum atomic E-state index is 0.355. The van der Waals surface area contributed by atoms with Crippen LogP contribution in [0.15, 0.2) is 6.33 Å². The number of halogens is 1. The number of anilines is 1. The van der Waals surface area contributed by atoms with Crippen LogP contribution in [0.2, 0.25) is 5.02 Å². The van der Waals surface area contributed by atoms with Crippen molar-refractivity contribution in [2.45, 2.75) is 13.3 Å². The summed E-state index contributed by atoms with van der Waals surface area (Å²) in [5, 5.41) is 0.477. The van der Waals surface area contributed by atoms with Gasteiger partial charge in [-0.15, -0.1) is 0 Å². The largest absolute Gasteiger partial charge is 0.382 e. The molecule has 0 amide bonds. The smallest absolute Gasteiger partial charge is 0.145 e. The lowest BCUT2D eigenvalue weighted by Crippen LogP contribution is -1.96. The molecule has 3 nitrogen and oxygen atoms in total. The molecule has 0 aliphatic rings. The van der Waals surface area contributed by atoms with Crippen molar-refractivity contribution in [1.29, 1.82) is 0 Å². The summed E-state index contributed by atoms with van der Waals surface area (Å²) in [6.07, 6.45) is 2.20. The summed E-state index contributed by atoms with van der Waals surface area (Å²) < 4.78 is 0. The predicted octanol–water partition coefficient (Wildman–Crippen LogP) is 1.27. The summed E-state index contributed by atoms with van der Waals surface area (Å²) in [5.74, 6) is 0.355. The highest BCUT2D eigenvalue weighted by molar-refractivity contribution is 6.33. The van der Waals surface area contributed by atoms with Crippen LogP contribution < -0.4 is 5.73 Å². The van der Waals surface area contributed by atoms with Gasteiger partial charge in [-0.1, -0.05) is 18.5 Å². The standard InChI is InChI=1S/C6H8ClN3/c1-2-4-5(7)6(8)10-3-9-4/h3H,2H2,1H3,(H2,8,9,10). The molecule has 0 radical (unpaired) electrons. The van der Waals surface area contributed by atoms with Crippen LogP contribution in [0.5, 0.6) is 0 Å². The fourth-order valence-electron chi connectivity index (χ4n) is 0.668. The van der Waals surface area contributed by atoms with Gasteiger partial charge in [0, 0.05) is 0 Å². The number of hydrogen-bond donors (Lipinski definition) is 1. The van der Waals surface area contributed by atoms with E-state index in [2.05, 4.69) is 9.97 Å². The highest BCUT2D eigenvalue weighted by atomic mass is 35.5. The van der Waals surface area contributed by atoms with Crippen LogP contribution in [0.4, 0.5) is 5.82 Å². The third kappa shape index (κ3) is 1.19. The molecule has 1 heterocycles. The van der Waals surface area contributed by atoms with Crippen LogP contribution in [0, 0.1) is 0 Å². The van der Waals surface area contributed by atoms with E-state index >= 15 is 0 Å². The average Bonchev–Trinajstić information content (AvgIpc) is 1.95. The average molecular weight is 158 g/mol. The molecule has 54 valence electrons. The van der Waals surface area contributed by atoms with Gasteiger partial charge in [0.1, 0.15) is 17.2 Å². The first kappa shape index (κ1) is 7.28. The van der Waals surface area contributed by atoms with Gasteiger partial charge >= 0.3 is 0 Å². The van der Waals surface area contributed by atoms with Crippen molar-refractivity contribution < 1.29 is 0 Å². The Morgan fingerprint density at radius 3 is 2.80 bits per heavy atom. The summed E-state index contributed by atoms with van der Waals surface area (Å²) in [7, 11) is 0. The Bertz CT molecular complexity index is 236. The molecule has 0 aliphatic heterocycles. The minimum Gasteiger partial charge on any atom is -0.382 e. The maximum atomic E-state index is 5.74. The van der Waals surface area contributed by atoms with Crippen LogP contribution in [-0.4, -0.2) is 9.97 Å². The second-order valence-corrected chi connectivity index (χ2v) is 2.25. The molecule has 0 unspecified atom stereocenters. The summed E-state index contributed by atoms with van der Waals surface area (Å²) in [4.78, 5) is 7.66. The van der Waals surface area contributed by atoms with E-state index in [4.69, 9.17) is 17.3 Å². The Balaban J connectivity index is 3.14. The first-order chi connectivity index (χ1) is 4.75. The molecule has 0 atom stereocenters. The van der Waals surface area contributed by atoms with Crippen LogP contribution in [0.3, 0.4) is 0 Å². The summed E-state index contributed by atoms with van der Waals surface area (Å²) in [6.45, 7) is 1.97. The predicted molar refractivity (Wildman–Crippen MR) is 40.8 cm³/mol. The van der Waals surface area contributed by atoms with Crippen molar-refractivity contribution in [3.63, 3.8) is 0 Å². The van der Waals surface area contributed by atoms with E-state index in [1.54, 1.807) is 0 Å². The van der Waals surface area contributed by atoms with Crippen molar-refractivity contribution in [1.82, 2.24) is 9.97 Å². The first-order valence-corrected chi connectivity index (χ1v) is 3.38. The number of aromatic nitrogens is 2. The van der Waals surface area contributed by atoms with Crippen molar-refractivity contribution in [2.75, 3.05) is 5.73 Å². The monoisotopic (exact) mass is 157 g/mol. The molecule has 1 aromatic rings. The zero-order valence-electron chi connectivity index (χ0n) is 5.63. The molecule has 1 aromatic heterocycles. The third-order valence-corrected chi connectivity index (χ3v) is 1.64. The van der Waals surface area contributed by atoms with Gasteiger partial charge < -0.3 is 5.73 Å². The summed E-state index contributed by atoms with van der Waals surface area (Å²) in [5.41, 5.74) is 6.21. The zero-order valence-corrected chi connectivity index (χ0v) is 6.39. The Hall–Kier alpha value is -0.830. The number of aryl methyl sites for hydroxylation is 1. The van der Waals surface area contributed by atoms with E-state index in [9.17, 15) is 0 Å². The van der Waals surface area contributed by atoms with Gasteiger partial charge in [-0.2, -0.15) is 0 Å². The molecule has 0 spiro atoms. The third-order valence-electron chi connectivity index (χ3n) is 1.22. The van der Waals surface area contributed by atoms with Gasteiger partial charge in [0.25, 0.3) is 0 Å². The zero-order chi connectivity index (χ0) is 7.56. The van der Waals surface area contributed by atoms with Crippen LogP contribution in [-0.2, 0) is 6.42 Å². The summed E-state index contributed by atoms with van der Waals surface area (Å²) in [6, 6.07) is 0. The highest BCUT2D eigenvalue weighted by Gasteiger charge is 2.02. The SMILES string of the molecule is CCc1ncnc(N)c1Cl. The molecule has 0 saturated heterocycles. The lowest BCUT2D eigenvalue weighted by molar-refractivity contribution is 1.00. The number of nitrogens with zero attached hydrogens (tertiary/aromatic N) is 2. The van der Waals surface area contributed by atoms with Crippen LogP contribution in [0.1, 0.15) is 12.6 Å². The van der Waals surface area contributed by atoms with Gasteiger partial charge in [0.05, 0.1) is 5.69 Å². The Kier molecular flexibility index (Phi) is 2.06. The molecular weight excluding hydrogens is 150 g/mol. The van der Waals surface area contributed by atoms with Crippen LogP contribution >= 0.6 is 11.6 Å². The minimum absolute atomic E-state index is 0.355. The maximum Gasteiger partial charge on any atom is 0.145 e. The molecule has 2 N–H and O–H groups in total. The Morgan fingerprint density at radius 2 is 2.30 bits per heavy atom. The van der Waals surface area contributed by atoms with E-state index in [1.165, 1.54) is 6.33 Å². The maximum absolute atomic E-state index is 5.74. The molecule has 1 rings (SSSR count). The van der Waals surface area contributed by atoms with Crippen molar-refractivity contribution >= 4 is 17.4 Å². The quantitative estimate of drug-likeness (QED) is 0.668. The number of hydrogen-bond acceptors (Lipinski definition) is 3.